The lowest BCUT2D eigenvalue weighted by Crippen LogP contribution is -2.31. The molecule has 1 saturated heterocycles. The van der Waals surface area contributed by atoms with E-state index in [2.05, 4.69) is 25.8 Å². The number of hydrogen-bond acceptors (Lipinski definition) is 5. The minimum absolute atomic E-state index is 0. The number of methoxy groups -OCH3 is 1. The minimum Gasteiger partial charge on any atom is -0.497 e. The molecule has 0 N–H and O–H groups in total. The average Bonchev–Trinajstić information content (AvgIpc) is 2.98. The van der Waals surface area contributed by atoms with Gasteiger partial charge in [0.05, 0.1) is 12.6 Å². The van der Waals surface area contributed by atoms with E-state index in [9.17, 15) is 13.2 Å². The third kappa shape index (κ3) is 5.37. The van der Waals surface area contributed by atoms with Crippen molar-refractivity contribution < 1.29 is 17.9 Å². The fourth-order valence-corrected chi connectivity index (χ4v) is 3.82. The number of alkyl halides is 3. The highest BCUT2D eigenvalue weighted by molar-refractivity contribution is 5.89. The van der Waals surface area contributed by atoms with Gasteiger partial charge in [-0.15, -0.1) is 12.4 Å². The van der Waals surface area contributed by atoms with Crippen LogP contribution in [0.4, 0.5) is 19.0 Å². The molecular formula is C22H24ClF3N4O. The molecule has 0 bridgehead atoms. The van der Waals surface area contributed by atoms with E-state index in [-0.39, 0.29) is 12.4 Å². The zero-order valence-corrected chi connectivity index (χ0v) is 17.9. The summed E-state index contributed by atoms with van der Waals surface area (Å²) in [5.41, 5.74) is 0.620. The summed E-state index contributed by atoms with van der Waals surface area (Å²) in [6.45, 7) is 4.14. The molecule has 1 aliphatic rings. The molecule has 0 aliphatic carbocycles. The Balaban J connectivity index is 0.00000272. The minimum atomic E-state index is -4.46. The molecule has 4 rings (SSSR count). The van der Waals surface area contributed by atoms with E-state index in [1.807, 2.05) is 18.2 Å². The number of nitrogens with zero attached hydrogens (tertiary/aromatic N) is 4. The van der Waals surface area contributed by atoms with Crippen LogP contribution in [-0.2, 0) is 12.7 Å². The van der Waals surface area contributed by atoms with Crippen molar-refractivity contribution in [1.29, 1.82) is 0 Å². The Morgan fingerprint density at radius 1 is 1.03 bits per heavy atom. The van der Waals surface area contributed by atoms with Gasteiger partial charge in [0.25, 0.3) is 0 Å². The molecule has 0 saturated carbocycles. The number of hydrogen-bond donors (Lipinski definition) is 0. The van der Waals surface area contributed by atoms with Crippen molar-refractivity contribution >= 4 is 29.1 Å². The van der Waals surface area contributed by atoms with Crippen LogP contribution in [0.25, 0.3) is 10.9 Å². The maximum atomic E-state index is 13.0. The molecule has 3 aromatic rings. The predicted molar refractivity (Wildman–Crippen MR) is 117 cm³/mol. The molecule has 9 heteroatoms. The predicted octanol–water partition coefficient (Wildman–Crippen LogP) is 4.79. The molecule has 1 fully saturated rings. The van der Waals surface area contributed by atoms with E-state index >= 15 is 0 Å². The summed E-state index contributed by atoms with van der Waals surface area (Å²) in [6.07, 6.45) is -1.99. The van der Waals surface area contributed by atoms with E-state index in [1.165, 1.54) is 23.9 Å². The first-order valence-corrected chi connectivity index (χ1v) is 9.87. The fraction of sp³-hybridized carbons (Fsp3) is 0.364. The number of halogens is 4. The highest BCUT2D eigenvalue weighted by Gasteiger charge is 2.32. The van der Waals surface area contributed by atoms with Gasteiger partial charge in [0.1, 0.15) is 17.3 Å². The second-order valence-corrected chi connectivity index (χ2v) is 7.36. The van der Waals surface area contributed by atoms with Crippen molar-refractivity contribution in [3.63, 3.8) is 0 Å². The normalized spacial score (nSPS) is 15.4. The third-order valence-corrected chi connectivity index (χ3v) is 5.31. The van der Waals surface area contributed by atoms with Crippen LogP contribution in [0.5, 0.6) is 5.75 Å². The summed E-state index contributed by atoms with van der Waals surface area (Å²) in [4.78, 5) is 12.8. The SMILES string of the molecule is COc1cccc(CN2CCCN(c3nccc4nc(C(F)(F)F)ccc34)CC2)c1.Cl. The van der Waals surface area contributed by atoms with Gasteiger partial charge in [-0.05, 0) is 42.3 Å². The summed E-state index contributed by atoms with van der Waals surface area (Å²) in [5, 5.41) is 0.645. The number of pyridine rings is 2. The number of anilines is 1. The van der Waals surface area contributed by atoms with E-state index in [4.69, 9.17) is 4.74 Å². The molecular weight excluding hydrogens is 429 g/mol. The Hall–Kier alpha value is -2.58. The monoisotopic (exact) mass is 452 g/mol. The van der Waals surface area contributed by atoms with Gasteiger partial charge in [-0.25, -0.2) is 9.97 Å². The van der Waals surface area contributed by atoms with Gasteiger partial charge < -0.3 is 9.64 Å². The molecule has 31 heavy (non-hydrogen) atoms. The second-order valence-electron chi connectivity index (χ2n) is 7.36. The van der Waals surface area contributed by atoms with E-state index in [1.54, 1.807) is 7.11 Å². The standard InChI is InChI=1S/C22H23F3N4O.ClH/c1-30-17-5-2-4-16(14-17)15-28-10-3-11-29(13-12-28)21-18-6-7-20(22(23,24)25)27-19(18)8-9-26-21;/h2,4-9,14H,3,10-13,15H2,1H3;1H. The third-order valence-electron chi connectivity index (χ3n) is 5.31. The molecule has 0 spiro atoms. The van der Waals surface area contributed by atoms with Gasteiger partial charge in [0.2, 0.25) is 0 Å². The second kappa shape index (κ2) is 9.70. The maximum absolute atomic E-state index is 13.0. The summed E-state index contributed by atoms with van der Waals surface area (Å²) in [7, 11) is 1.66. The fourth-order valence-electron chi connectivity index (χ4n) is 3.82. The quantitative estimate of drug-likeness (QED) is 0.569. The first-order valence-electron chi connectivity index (χ1n) is 9.87. The van der Waals surface area contributed by atoms with Crippen molar-refractivity contribution in [2.24, 2.45) is 0 Å². The Morgan fingerprint density at radius 2 is 1.87 bits per heavy atom. The summed E-state index contributed by atoms with van der Waals surface area (Å²) >= 11 is 0. The molecule has 1 aliphatic heterocycles. The highest BCUT2D eigenvalue weighted by atomic mass is 35.5. The van der Waals surface area contributed by atoms with Crippen molar-refractivity contribution in [2.75, 3.05) is 38.2 Å². The van der Waals surface area contributed by atoms with Crippen molar-refractivity contribution in [3.8, 4) is 5.75 Å². The maximum Gasteiger partial charge on any atom is 0.433 e. The lowest BCUT2D eigenvalue weighted by Gasteiger charge is -2.24. The van der Waals surface area contributed by atoms with Gasteiger partial charge in [0.15, 0.2) is 0 Å². The smallest absolute Gasteiger partial charge is 0.433 e. The molecule has 0 unspecified atom stereocenters. The summed E-state index contributed by atoms with van der Waals surface area (Å²) in [6, 6.07) is 12.1. The molecule has 3 heterocycles. The number of rotatable bonds is 4. The lowest BCUT2D eigenvalue weighted by molar-refractivity contribution is -0.140. The van der Waals surface area contributed by atoms with Gasteiger partial charge in [0, 0.05) is 44.3 Å². The molecule has 5 nitrogen and oxygen atoms in total. The highest BCUT2D eigenvalue weighted by Crippen LogP contribution is 2.31. The van der Waals surface area contributed by atoms with Crippen LogP contribution in [0.1, 0.15) is 17.7 Å². The van der Waals surface area contributed by atoms with E-state index < -0.39 is 11.9 Å². The van der Waals surface area contributed by atoms with Crippen molar-refractivity contribution in [3.05, 3.63) is 59.9 Å². The van der Waals surface area contributed by atoms with Gasteiger partial charge in [-0.1, -0.05) is 12.1 Å². The van der Waals surface area contributed by atoms with Crippen LogP contribution >= 0.6 is 12.4 Å². The largest absolute Gasteiger partial charge is 0.497 e. The van der Waals surface area contributed by atoms with Crippen LogP contribution in [0.3, 0.4) is 0 Å². The number of benzene rings is 1. The molecule has 1 aromatic carbocycles. The summed E-state index contributed by atoms with van der Waals surface area (Å²) in [5.74, 6) is 1.53. The van der Waals surface area contributed by atoms with Crippen LogP contribution in [0.2, 0.25) is 0 Å². The Labute approximate surface area is 185 Å². The molecule has 0 amide bonds. The first-order chi connectivity index (χ1) is 14.4. The Bertz CT molecular complexity index is 1030. The number of ether oxygens (including phenoxy) is 1. The molecule has 0 atom stereocenters. The van der Waals surface area contributed by atoms with Gasteiger partial charge in [-0.3, -0.25) is 4.90 Å². The molecule has 166 valence electrons. The zero-order valence-electron chi connectivity index (χ0n) is 17.1. The van der Waals surface area contributed by atoms with Crippen molar-refractivity contribution in [1.82, 2.24) is 14.9 Å². The lowest BCUT2D eigenvalue weighted by atomic mass is 10.2. The molecule has 2 aromatic heterocycles. The van der Waals surface area contributed by atoms with Crippen LogP contribution < -0.4 is 9.64 Å². The van der Waals surface area contributed by atoms with Gasteiger partial charge >= 0.3 is 6.18 Å². The number of aromatic nitrogens is 2. The topological polar surface area (TPSA) is 41.5 Å². The molecule has 0 radical (unpaired) electrons. The average molecular weight is 453 g/mol. The zero-order chi connectivity index (χ0) is 21.1. The van der Waals surface area contributed by atoms with Crippen LogP contribution in [0.15, 0.2) is 48.7 Å². The summed E-state index contributed by atoms with van der Waals surface area (Å²) < 4.78 is 44.3. The van der Waals surface area contributed by atoms with Gasteiger partial charge in [-0.2, -0.15) is 13.2 Å². The Morgan fingerprint density at radius 3 is 2.65 bits per heavy atom. The number of fused-ring (bicyclic) bond motifs is 1. The van der Waals surface area contributed by atoms with Crippen LogP contribution in [-0.4, -0.2) is 48.2 Å². The Kier molecular flexibility index (Phi) is 7.23. The van der Waals surface area contributed by atoms with E-state index in [0.717, 1.165) is 51.0 Å². The van der Waals surface area contributed by atoms with Crippen molar-refractivity contribution in [2.45, 2.75) is 19.1 Å². The first kappa shape index (κ1) is 23.1. The van der Waals surface area contributed by atoms with E-state index in [0.29, 0.717) is 16.7 Å². The van der Waals surface area contributed by atoms with Crippen LogP contribution in [0, 0.1) is 0 Å².